The molecule has 0 heterocycles. The molecule has 0 aromatic heterocycles. The number of nitrogens with two attached hydrogens (primary N) is 2. The summed E-state index contributed by atoms with van der Waals surface area (Å²) in [5, 5.41) is 0. The summed E-state index contributed by atoms with van der Waals surface area (Å²) in [6.07, 6.45) is 0.726. The number of carbonyl (C=O) groups excluding carboxylic acids is 1. The largest absolute Gasteiger partial charge is 0.368 e. The Hall–Kier alpha value is -1.62. The van der Waals surface area contributed by atoms with Crippen LogP contribution in [0.5, 0.6) is 0 Å². The van der Waals surface area contributed by atoms with Crippen molar-refractivity contribution in [1.29, 1.82) is 0 Å². The molecule has 5 heteroatoms. The molecule has 1 aromatic carbocycles. The number of carbonyl (C=O) groups is 1. The smallest absolute Gasteiger partial charge is 0.236 e. The van der Waals surface area contributed by atoms with Gasteiger partial charge >= 0.3 is 0 Å². The van der Waals surface area contributed by atoms with Crippen molar-refractivity contribution < 1.29 is 9.18 Å². The van der Waals surface area contributed by atoms with Gasteiger partial charge in [-0.25, -0.2) is 4.39 Å². The van der Waals surface area contributed by atoms with Crippen LogP contribution in [0.4, 0.5) is 10.1 Å². The molecule has 0 bridgehead atoms. The number of nitrogens with zero attached hydrogens (tertiary/aromatic N) is 1. The third-order valence-corrected chi connectivity index (χ3v) is 2.15. The van der Waals surface area contributed by atoms with Gasteiger partial charge in [0.15, 0.2) is 0 Å². The van der Waals surface area contributed by atoms with Gasteiger partial charge in [-0.2, -0.15) is 0 Å². The summed E-state index contributed by atoms with van der Waals surface area (Å²) in [6.45, 7) is 1.18. The normalized spacial score (nSPS) is 10.1. The standard InChI is InChI=1S/C11H16FN3O/c12-9-3-1-4-10(7-9)15(6-2-5-13)8-11(14)16/h1,3-4,7H,2,5-6,8,13H2,(H2,14,16). The van der Waals surface area contributed by atoms with Crippen LogP contribution < -0.4 is 16.4 Å². The van der Waals surface area contributed by atoms with E-state index in [9.17, 15) is 9.18 Å². The second kappa shape index (κ2) is 6.07. The van der Waals surface area contributed by atoms with Crippen LogP contribution in [0, 0.1) is 5.82 Å². The van der Waals surface area contributed by atoms with Crippen molar-refractivity contribution in [2.45, 2.75) is 6.42 Å². The van der Waals surface area contributed by atoms with E-state index in [4.69, 9.17) is 11.5 Å². The zero-order valence-corrected chi connectivity index (χ0v) is 9.03. The molecule has 0 unspecified atom stereocenters. The molecule has 1 rings (SSSR count). The molecule has 0 spiro atoms. The molecule has 1 aromatic rings. The Morgan fingerprint density at radius 3 is 2.75 bits per heavy atom. The number of primary amides is 1. The Labute approximate surface area is 94.0 Å². The number of amides is 1. The van der Waals surface area contributed by atoms with Gasteiger partial charge in [0.1, 0.15) is 5.82 Å². The van der Waals surface area contributed by atoms with Crippen LogP contribution >= 0.6 is 0 Å². The van der Waals surface area contributed by atoms with Crippen molar-refractivity contribution in [2.24, 2.45) is 11.5 Å². The van der Waals surface area contributed by atoms with E-state index in [2.05, 4.69) is 0 Å². The fourth-order valence-electron chi connectivity index (χ4n) is 1.44. The molecule has 4 nitrogen and oxygen atoms in total. The molecular weight excluding hydrogens is 209 g/mol. The average Bonchev–Trinajstić information content (AvgIpc) is 2.23. The number of rotatable bonds is 6. The van der Waals surface area contributed by atoms with E-state index in [0.717, 1.165) is 6.42 Å². The lowest BCUT2D eigenvalue weighted by Crippen LogP contribution is -2.35. The van der Waals surface area contributed by atoms with Crippen molar-refractivity contribution >= 4 is 11.6 Å². The third-order valence-electron chi connectivity index (χ3n) is 2.15. The van der Waals surface area contributed by atoms with Gasteiger partial charge in [0.2, 0.25) is 5.91 Å². The highest BCUT2D eigenvalue weighted by molar-refractivity contribution is 5.79. The fraction of sp³-hybridized carbons (Fsp3) is 0.364. The second-order valence-corrected chi connectivity index (χ2v) is 3.51. The molecule has 0 atom stereocenters. The molecule has 16 heavy (non-hydrogen) atoms. The molecule has 4 N–H and O–H groups in total. The molecule has 0 saturated heterocycles. The minimum atomic E-state index is -0.443. The number of benzene rings is 1. The van der Waals surface area contributed by atoms with E-state index in [1.165, 1.54) is 12.1 Å². The van der Waals surface area contributed by atoms with Crippen LogP contribution in [0.2, 0.25) is 0 Å². The number of hydrogen-bond donors (Lipinski definition) is 2. The molecule has 0 aliphatic rings. The Kier molecular flexibility index (Phi) is 4.72. The van der Waals surface area contributed by atoms with Crippen molar-refractivity contribution in [2.75, 3.05) is 24.5 Å². The lowest BCUT2D eigenvalue weighted by Gasteiger charge is -2.23. The SMILES string of the molecule is NCCCN(CC(N)=O)c1cccc(F)c1. The van der Waals surface area contributed by atoms with E-state index in [1.54, 1.807) is 17.0 Å². The zero-order valence-electron chi connectivity index (χ0n) is 9.03. The minimum absolute atomic E-state index is 0.0729. The molecular formula is C11H16FN3O. The van der Waals surface area contributed by atoms with Crippen molar-refractivity contribution in [3.05, 3.63) is 30.1 Å². The van der Waals surface area contributed by atoms with Crippen LogP contribution in [-0.2, 0) is 4.79 Å². The number of anilines is 1. The van der Waals surface area contributed by atoms with Crippen molar-refractivity contribution in [3.63, 3.8) is 0 Å². The van der Waals surface area contributed by atoms with Gasteiger partial charge < -0.3 is 16.4 Å². The lowest BCUT2D eigenvalue weighted by atomic mass is 10.2. The molecule has 0 fully saturated rings. The first kappa shape index (κ1) is 12.4. The predicted molar refractivity (Wildman–Crippen MR) is 61.5 cm³/mol. The van der Waals surface area contributed by atoms with Crippen molar-refractivity contribution in [3.8, 4) is 0 Å². The van der Waals surface area contributed by atoms with E-state index >= 15 is 0 Å². The maximum Gasteiger partial charge on any atom is 0.236 e. The van der Waals surface area contributed by atoms with E-state index in [1.807, 2.05) is 0 Å². The van der Waals surface area contributed by atoms with E-state index < -0.39 is 5.91 Å². The van der Waals surface area contributed by atoms with Crippen LogP contribution in [0.1, 0.15) is 6.42 Å². The maximum atomic E-state index is 13.0. The van der Waals surface area contributed by atoms with Crippen LogP contribution in [0.3, 0.4) is 0 Å². The Morgan fingerprint density at radius 1 is 1.44 bits per heavy atom. The number of halogens is 1. The summed E-state index contributed by atoms with van der Waals surface area (Å²) < 4.78 is 13.0. The maximum absolute atomic E-state index is 13.0. The highest BCUT2D eigenvalue weighted by Crippen LogP contribution is 2.15. The summed E-state index contributed by atoms with van der Waals surface area (Å²) in [7, 11) is 0. The molecule has 0 aliphatic heterocycles. The van der Waals surface area contributed by atoms with Gasteiger partial charge in [-0.1, -0.05) is 6.07 Å². The lowest BCUT2D eigenvalue weighted by molar-refractivity contribution is -0.116. The average molecular weight is 225 g/mol. The van der Waals surface area contributed by atoms with Gasteiger partial charge in [-0.05, 0) is 31.2 Å². The summed E-state index contributed by atoms with van der Waals surface area (Å²) in [5.41, 5.74) is 11.2. The summed E-state index contributed by atoms with van der Waals surface area (Å²) in [4.78, 5) is 12.6. The second-order valence-electron chi connectivity index (χ2n) is 3.51. The summed E-state index contributed by atoms with van der Waals surface area (Å²) >= 11 is 0. The fourth-order valence-corrected chi connectivity index (χ4v) is 1.44. The third kappa shape index (κ3) is 3.86. The quantitative estimate of drug-likeness (QED) is 0.739. The Morgan fingerprint density at radius 2 is 2.19 bits per heavy atom. The minimum Gasteiger partial charge on any atom is -0.368 e. The van der Waals surface area contributed by atoms with Gasteiger partial charge in [0, 0.05) is 12.2 Å². The predicted octanol–water partition coefficient (Wildman–Crippen LogP) is 0.466. The topological polar surface area (TPSA) is 72.3 Å². The van der Waals surface area contributed by atoms with Gasteiger partial charge in [0.05, 0.1) is 6.54 Å². The molecule has 0 radical (unpaired) electrons. The van der Waals surface area contributed by atoms with Crippen LogP contribution in [0.25, 0.3) is 0 Å². The van der Waals surface area contributed by atoms with Crippen molar-refractivity contribution in [1.82, 2.24) is 0 Å². The summed E-state index contributed by atoms with van der Waals surface area (Å²) in [6, 6.07) is 6.07. The van der Waals surface area contributed by atoms with Gasteiger partial charge in [-0.3, -0.25) is 4.79 Å². The first-order valence-corrected chi connectivity index (χ1v) is 5.12. The zero-order chi connectivity index (χ0) is 12.0. The van der Waals surface area contributed by atoms with Crippen LogP contribution in [0.15, 0.2) is 24.3 Å². The number of hydrogen-bond acceptors (Lipinski definition) is 3. The highest BCUT2D eigenvalue weighted by atomic mass is 19.1. The Bertz CT molecular complexity index is 357. The highest BCUT2D eigenvalue weighted by Gasteiger charge is 2.09. The molecule has 0 aliphatic carbocycles. The van der Waals surface area contributed by atoms with Gasteiger partial charge in [-0.15, -0.1) is 0 Å². The molecule has 1 amide bonds. The first-order valence-electron chi connectivity index (χ1n) is 5.12. The first-order chi connectivity index (χ1) is 7.63. The van der Waals surface area contributed by atoms with E-state index in [-0.39, 0.29) is 12.4 Å². The van der Waals surface area contributed by atoms with E-state index in [0.29, 0.717) is 18.8 Å². The van der Waals surface area contributed by atoms with Crippen LogP contribution in [-0.4, -0.2) is 25.5 Å². The van der Waals surface area contributed by atoms with Gasteiger partial charge in [0.25, 0.3) is 0 Å². The summed E-state index contributed by atoms with van der Waals surface area (Å²) in [5.74, 6) is -0.777. The Balaban J connectivity index is 2.78. The molecule has 0 saturated carbocycles. The monoisotopic (exact) mass is 225 g/mol. The molecule has 88 valence electrons.